The van der Waals surface area contributed by atoms with Crippen molar-refractivity contribution in [2.24, 2.45) is 0 Å². The van der Waals surface area contributed by atoms with E-state index in [4.69, 9.17) is 19.9 Å². The monoisotopic (exact) mass is 861 g/mol. The Morgan fingerprint density at radius 3 is 1.32 bits per heavy atom. The van der Waals surface area contributed by atoms with Crippen molar-refractivity contribution >= 4 is 21.8 Å². The largest absolute Gasteiger partial charge is 0.416 e. The number of hydrogen-bond acceptors (Lipinski definition) is 4. The summed E-state index contributed by atoms with van der Waals surface area (Å²) < 4.78 is 49.2. The average molecular weight is 862 g/mol. The fourth-order valence-corrected chi connectivity index (χ4v) is 8.76. The molecule has 3 aromatic heterocycles. The number of halogens is 3. The third-order valence-corrected chi connectivity index (χ3v) is 11.9. The molecule has 0 N–H and O–H groups in total. The third kappa shape index (κ3) is 7.58. The zero-order valence-corrected chi connectivity index (χ0v) is 35.6. The van der Waals surface area contributed by atoms with E-state index in [0.717, 1.165) is 60.8 Å². The van der Waals surface area contributed by atoms with E-state index in [1.165, 1.54) is 12.1 Å². The summed E-state index contributed by atoms with van der Waals surface area (Å²) in [6, 6.07) is 67.0. The maximum atomic E-state index is 15.7. The summed E-state index contributed by atoms with van der Waals surface area (Å²) >= 11 is 0. The molecule has 0 aliphatic carbocycles. The van der Waals surface area contributed by atoms with Gasteiger partial charge >= 0.3 is 6.18 Å². The van der Waals surface area contributed by atoms with E-state index in [1.54, 1.807) is 12.1 Å². The molecular formula is C58H38F3N5. The van der Waals surface area contributed by atoms with Gasteiger partial charge in [-0.05, 0) is 60.5 Å². The first-order valence-corrected chi connectivity index (χ1v) is 21.6. The van der Waals surface area contributed by atoms with Crippen molar-refractivity contribution in [3.63, 3.8) is 0 Å². The molecule has 0 fully saturated rings. The van der Waals surface area contributed by atoms with Gasteiger partial charge in [-0.1, -0.05) is 175 Å². The van der Waals surface area contributed by atoms with Crippen LogP contribution in [-0.4, -0.2) is 24.5 Å². The van der Waals surface area contributed by atoms with Gasteiger partial charge in [0.2, 0.25) is 0 Å². The molecule has 11 rings (SSSR count). The molecular weight excluding hydrogens is 824 g/mol. The number of para-hydroxylation sites is 1. The van der Waals surface area contributed by atoms with Gasteiger partial charge in [0.15, 0.2) is 11.6 Å². The summed E-state index contributed by atoms with van der Waals surface area (Å²) in [5.74, 6) is 0.753. The van der Waals surface area contributed by atoms with Crippen LogP contribution in [0.4, 0.5) is 13.2 Å². The number of rotatable bonds is 8. The Kier molecular flexibility index (Phi) is 10.1. The van der Waals surface area contributed by atoms with Crippen molar-refractivity contribution in [2.75, 3.05) is 0 Å². The Morgan fingerprint density at radius 2 is 0.803 bits per heavy atom. The summed E-state index contributed by atoms with van der Waals surface area (Å²) in [7, 11) is 0. The van der Waals surface area contributed by atoms with E-state index >= 15 is 13.2 Å². The fraction of sp³-hybridized carbons (Fsp3) is 0.0345. The van der Waals surface area contributed by atoms with Gasteiger partial charge in [0.1, 0.15) is 0 Å². The predicted molar refractivity (Wildman–Crippen MR) is 260 cm³/mol. The lowest BCUT2D eigenvalue weighted by atomic mass is 9.95. The third-order valence-electron chi connectivity index (χ3n) is 11.9. The first-order valence-electron chi connectivity index (χ1n) is 21.6. The molecule has 0 saturated carbocycles. The van der Waals surface area contributed by atoms with Crippen molar-refractivity contribution in [3.05, 3.63) is 223 Å². The lowest BCUT2D eigenvalue weighted by Gasteiger charge is -2.22. The number of nitrogens with zero attached hydrogens (tertiary/aromatic N) is 5. The molecule has 0 spiro atoms. The van der Waals surface area contributed by atoms with Crippen LogP contribution < -0.4 is 0 Å². The van der Waals surface area contributed by atoms with Crippen LogP contribution in [0.5, 0.6) is 0 Å². The van der Waals surface area contributed by atoms with Gasteiger partial charge in [0, 0.05) is 44.2 Å². The van der Waals surface area contributed by atoms with Crippen LogP contribution in [-0.2, 0) is 6.18 Å². The average Bonchev–Trinajstić information content (AvgIpc) is 3.69. The van der Waals surface area contributed by atoms with Crippen LogP contribution in [0.3, 0.4) is 0 Å². The smallest absolute Gasteiger partial charge is 0.308 e. The van der Waals surface area contributed by atoms with E-state index in [2.05, 4.69) is 54.0 Å². The number of hydrogen-bond donors (Lipinski definition) is 0. The minimum atomic E-state index is -4.75. The molecule has 0 saturated heterocycles. The molecule has 316 valence electrons. The standard InChI is InChI=1S/C58H38F3N5/c1-37-17-16-26-42(31-37)43-29-30-54-46(32-43)45-27-14-15-28-53(45)66(54)55-47(51-35-49(38-18-6-2-7-19-38)62-56(64-51)40-22-10-4-11-23-40)33-44(58(59,60)61)34-48(55)52-36-50(39-20-8-3-9-21-39)63-57(65-52)41-24-12-5-13-25-41/h2-36H,1H3. The zero-order chi connectivity index (χ0) is 44.8. The van der Waals surface area contributed by atoms with Crippen molar-refractivity contribution in [3.8, 4) is 84.6 Å². The van der Waals surface area contributed by atoms with Crippen molar-refractivity contribution in [1.82, 2.24) is 24.5 Å². The maximum absolute atomic E-state index is 15.7. The topological polar surface area (TPSA) is 56.5 Å². The minimum absolute atomic E-state index is 0.253. The van der Waals surface area contributed by atoms with Crippen LogP contribution in [0.25, 0.3) is 106 Å². The Hall–Kier alpha value is -8.49. The van der Waals surface area contributed by atoms with Crippen molar-refractivity contribution < 1.29 is 13.2 Å². The zero-order valence-electron chi connectivity index (χ0n) is 35.6. The Morgan fingerprint density at radius 1 is 0.364 bits per heavy atom. The number of aromatic nitrogens is 5. The highest BCUT2D eigenvalue weighted by Gasteiger charge is 2.34. The van der Waals surface area contributed by atoms with Gasteiger partial charge in [-0.2, -0.15) is 13.2 Å². The summed E-state index contributed by atoms with van der Waals surface area (Å²) in [6.07, 6.45) is -4.75. The van der Waals surface area contributed by atoms with E-state index in [-0.39, 0.29) is 11.1 Å². The van der Waals surface area contributed by atoms with Crippen molar-refractivity contribution in [2.45, 2.75) is 13.1 Å². The molecule has 0 radical (unpaired) electrons. The summed E-state index contributed by atoms with van der Waals surface area (Å²) in [4.78, 5) is 20.3. The van der Waals surface area contributed by atoms with E-state index in [1.807, 2.05) is 146 Å². The normalized spacial score (nSPS) is 11.6. The highest BCUT2D eigenvalue weighted by Crippen LogP contribution is 2.46. The Labute approximate surface area is 379 Å². The number of alkyl halides is 3. The van der Waals surface area contributed by atoms with Crippen molar-refractivity contribution in [1.29, 1.82) is 0 Å². The second-order valence-electron chi connectivity index (χ2n) is 16.3. The van der Waals surface area contributed by atoms with Gasteiger partial charge in [0.05, 0.1) is 45.1 Å². The molecule has 66 heavy (non-hydrogen) atoms. The summed E-state index contributed by atoms with van der Waals surface area (Å²) in [5, 5.41) is 1.88. The van der Waals surface area contributed by atoms with E-state index in [0.29, 0.717) is 40.1 Å². The SMILES string of the molecule is Cc1cccc(-c2ccc3c(c2)c2ccccc2n3-c2c(-c3cc(-c4ccccc4)nc(-c4ccccc4)n3)cc(C(F)(F)F)cc2-c2cc(-c3ccccc3)nc(-c3ccccc3)n2)c1. The molecule has 3 heterocycles. The molecule has 11 aromatic rings. The van der Waals surface area contributed by atoms with Crippen LogP contribution in [0.2, 0.25) is 0 Å². The molecule has 0 unspecified atom stereocenters. The molecule has 8 aromatic carbocycles. The van der Waals surface area contributed by atoms with Crippen LogP contribution >= 0.6 is 0 Å². The molecule has 8 heteroatoms. The first kappa shape index (κ1) is 40.3. The lowest BCUT2D eigenvalue weighted by molar-refractivity contribution is -0.137. The van der Waals surface area contributed by atoms with Gasteiger partial charge in [-0.3, -0.25) is 0 Å². The highest BCUT2D eigenvalue weighted by molar-refractivity contribution is 6.11. The molecule has 5 nitrogen and oxygen atoms in total. The Bertz CT molecular complexity index is 3310. The van der Waals surface area contributed by atoms with Crippen LogP contribution in [0.15, 0.2) is 212 Å². The van der Waals surface area contributed by atoms with Crippen LogP contribution in [0, 0.1) is 6.92 Å². The molecule has 0 aliphatic rings. The minimum Gasteiger partial charge on any atom is -0.308 e. The fourth-order valence-electron chi connectivity index (χ4n) is 8.76. The quantitative estimate of drug-likeness (QED) is 0.153. The summed E-state index contributed by atoms with van der Waals surface area (Å²) in [6.45, 7) is 2.07. The second kappa shape index (κ2) is 16.6. The second-order valence-corrected chi connectivity index (χ2v) is 16.3. The lowest BCUT2D eigenvalue weighted by Crippen LogP contribution is -2.10. The first-order chi connectivity index (χ1) is 32.2. The van der Waals surface area contributed by atoms with Crippen LogP contribution in [0.1, 0.15) is 11.1 Å². The number of aryl methyl sites for hydroxylation is 1. The predicted octanol–water partition coefficient (Wildman–Crippen LogP) is 15.4. The van der Waals surface area contributed by atoms with Gasteiger partial charge < -0.3 is 4.57 Å². The molecule has 0 amide bonds. The molecule has 0 atom stereocenters. The Balaban J connectivity index is 1.30. The van der Waals surface area contributed by atoms with E-state index in [9.17, 15) is 0 Å². The summed E-state index contributed by atoms with van der Waals surface area (Å²) in [5.41, 5.74) is 9.76. The van der Waals surface area contributed by atoms with Gasteiger partial charge in [-0.25, -0.2) is 19.9 Å². The number of fused-ring (bicyclic) bond motifs is 3. The molecule has 0 aliphatic heterocycles. The molecule has 0 bridgehead atoms. The van der Waals surface area contributed by atoms with E-state index < -0.39 is 11.7 Å². The highest BCUT2D eigenvalue weighted by atomic mass is 19.4. The maximum Gasteiger partial charge on any atom is 0.416 e. The number of benzene rings is 8. The van der Waals surface area contributed by atoms with Gasteiger partial charge in [-0.15, -0.1) is 0 Å². The van der Waals surface area contributed by atoms with Gasteiger partial charge in [0.25, 0.3) is 0 Å².